The fraction of sp³-hybridized carbons (Fsp3) is 0.286. The average Bonchev–Trinajstić information content (AvgIpc) is 2.43. The van der Waals surface area contributed by atoms with Crippen molar-refractivity contribution in [2.75, 3.05) is 6.61 Å². The summed E-state index contributed by atoms with van der Waals surface area (Å²) in [5.74, 6) is 0.763. The highest BCUT2D eigenvalue weighted by molar-refractivity contribution is 5.32. The molecular weight excluding hydrogens is 242 g/mol. The Bertz CT molecular complexity index is 608. The van der Waals surface area contributed by atoms with E-state index in [1.807, 2.05) is 31.2 Å². The van der Waals surface area contributed by atoms with Gasteiger partial charge in [-0.05, 0) is 18.6 Å². The van der Waals surface area contributed by atoms with Crippen LogP contribution in [0.15, 0.2) is 41.5 Å². The molecule has 2 aromatic rings. The van der Waals surface area contributed by atoms with Crippen LogP contribution in [0.3, 0.4) is 0 Å². The van der Waals surface area contributed by atoms with Crippen LogP contribution >= 0.6 is 0 Å². The zero-order valence-corrected chi connectivity index (χ0v) is 10.9. The van der Waals surface area contributed by atoms with Gasteiger partial charge >= 0.3 is 5.69 Å². The number of nitrogens with zero attached hydrogens (tertiary/aromatic N) is 2. The van der Waals surface area contributed by atoms with Crippen LogP contribution in [0, 0.1) is 6.92 Å². The van der Waals surface area contributed by atoms with E-state index in [9.17, 15) is 4.79 Å². The third-order valence-corrected chi connectivity index (χ3v) is 2.77. The van der Waals surface area contributed by atoms with Crippen molar-refractivity contribution in [3.8, 4) is 5.75 Å². The van der Waals surface area contributed by atoms with Crippen LogP contribution in [0.4, 0.5) is 0 Å². The fourth-order valence-corrected chi connectivity index (χ4v) is 1.79. The standard InChI is InChI=1S/C14H17N3O2/c1-11-9-16-14(18)17(10-11)6-7-19-13-5-3-2-4-12(13)8-15/h2-5,9-10H,6-8,15H2,1H3. The number of nitrogens with two attached hydrogens (primary N) is 1. The van der Waals surface area contributed by atoms with E-state index in [1.54, 1.807) is 17.0 Å². The Morgan fingerprint density at radius 1 is 1.37 bits per heavy atom. The third-order valence-electron chi connectivity index (χ3n) is 2.77. The Morgan fingerprint density at radius 3 is 2.95 bits per heavy atom. The van der Waals surface area contributed by atoms with E-state index in [2.05, 4.69) is 4.98 Å². The molecule has 2 rings (SSSR count). The lowest BCUT2D eigenvalue weighted by atomic mass is 10.2. The van der Waals surface area contributed by atoms with Gasteiger partial charge in [-0.25, -0.2) is 9.78 Å². The Kier molecular flexibility index (Phi) is 4.30. The average molecular weight is 259 g/mol. The summed E-state index contributed by atoms with van der Waals surface area (Å²) >= 11 is 0. The summed E-state index contributed by atoms with van der Waals surface area (Å²) in [6.07, 6.45) is 3.33. The molecule has 0 atom stereocenters. The maximum absolute atomic E-state index is 11.5. The summed E-state index contributed by atoms with van der Waals surface area (Å²) in [6.45, 7) is 3.20. The number of hydrogen-bond donors (Lipinski definition) is 1. The maximum atomic E-state index is 11.5. The van der Waals surface area contributed by atoms with E-state index >= 15 is 0 Å². The van der Waals surface area contributed by atoms with Crippen molar-refractivity contribution < 1.29 is 4.74 Å². The van der Waals surface area contributed by atoms with Crippen molar-refractivity contribution in [2.45, 2.75) is 20.0 Å². The minimum atomic E-state index is -0.263. The Hall–Kier alpha value is -2.14. The fourth-order valence-electron chi connectivity index (χ4n) is 1.79. The summed E-state index contributed by atoms with van der Waals surface area (Å²) in [4.78, 5) is 15.3. The Labute approximate surface area is 111 Å². The molecule has 0 aliphatic heterocycles. The highest BCUT2D eigenvalue weighted by Crippen LogP contribution is 2.16. The SMILES string of the molecule is Cc1cnc(=O)n(CCOc2ccccc2CN)c1. The van der Waals surface area contributed by atoms with E-state index in [0.29, 0.717) is 19.7 Å². The van der Waals surface area contributed by atoms with Crippen LogP contribution in [-0.4, -0.2) is 16.2 Å². The first kappa shape index (κ1) is 13.3. The van der Waals surface area contributed by atoms with Crippen molar-refractivity contribution in [2.24, 2.45) is 5.73 Å². The van der Waals surface area contributed by atoms with Crippen LogP contribution in [0.5, 0.6) is 5.75 Å². The zero-order chi connectivity index (χ0) is 13.7. The van der Waals surface area contributed by atoms with Crippen LogP contribution in [0.25, 0.3) is 0 Å². The Balaban J connectivity index is 2.00. The molecule has 1 heterocycles. The summed E-state index contributed by atoms with van der Waals surface area (Å²) in [6, 6.07) is 7.62. The molecule has 1 aromatic carbocycles. The molecule has 5 nitrogen and oxygen atoms in total. The third kappa shape index (κ3) is 3.42. The number of benzene rings is 1. The monoisotopic (exact) mass is 259 g/mol. The molecule has 2 N–H and O–H groups in total. The molecule has 0 unspecified atom stereocenters. The van der Waals surface area contributed by atoms with Gasteiger partial charge in [-0.1, -0.05) is 18.2 Å². The second kappa shape index (κ2) is 6.15. The second-order valence-corrected chi connectivity index (χ2v) is 4.27. The van der Waals surface area contributed by atoms with E-state index in [1.165, 1.54) is 0 Å². The van der Waals surface area contributed by atoms with Gasteiger partial charge in [0.1, 0.15) is 12.4 Å². The molecule has 5 heteroatoms. The highest BCUT2D eigenvalue weighted by atomic mass is 16.5. The van der Waals surface area contributed by atoms with Crippen LogP contribution in [-0.2, 0) is 13.1 Å². The van der Waals surface area contributed by atoms with Crippen molar-refractivity contribution in [1.82, 2.24) is 9.55 Å². The van der Waals surface area contributed by atoms with Crippen molar-refractivity contribution >= 4 is 0 Å². The molecule has 0 spiro atoms. The van der Waals surface area contributed by atoms with Gasteiger partial charge in [0, 0.05) is 24.5 Å². The normalized spacial score (nSPS) is 10.4. The van der Waals surface area contributed by atoms with Gasteiger partial charge in [-0.2, -0.15) is 0 Å². The predicted octanol–water partition coefficient (Wildman–Crippen LogP) is 1.09. The number of rotatable bonds is 5. The van der Waals surface area contributed by atoms with Gasteiger partial charge in [0.15, 0.2) is 0 Å². The van der Waals surface area contributed by atoms with Gasteiger partial charge in [0.2, 0.25) is 0 Å². The van der Waals surface area contributed by atoms with Crippen molar-refractivity contribution in [3.63, 3.8) is 0 Å². The molecule has 0 fully saturated rings. The molecule has 100 valence electrons. The quantitative estimate of drug-likeness (QED) is 0.872. The largest absolute Gasteiger partial charge is 0.491 e. The number of para-hydroxylation sites is 1. The molecule has 0 bridgehead atoms. The predicted molar refractivity (Wildman–Crippen MR) is 73.1 cm³/mol. The molecule has 19 heavy (non-hydrogen) atoms. The summed E-state index contributed by atoms with van der Waals surface area (Å²) in [5.41, 5.74) is 7.27. The van der Waals surface area contributed by atoms with Gasteiger partial charge in [-0.3, -0.25) is 4.57 Å². The second-order valence-electron chi connectivity index (χ2n) is 4.27. The smallest absolute Gasteiger partial charge is 0.347 e. The molecule has 0 aliphatic carbocycles. The molecule has 0 saturated heterocycles. The summed E-state index contributed by atoms with van der Waals surface area (Å²) in [5, 5.41) is 0. The van der Waals surface area contributed by atoms with Crippen LogP contribution in [0.1, 0.15) is 11.1 Å². The minimum absolute atomic E-state index is 0.263. The maximum Gasteiger partial charge on any atom is 0.347 e. The van der Waals surface area contributed by atoms with Gasteiger partial charge in [0.25, 0.3) is 0 Å². The molecule has 0 amide bonds. The molecule has 1 aromatic heterocycles. The topological polar surface area (TPSA) is 70.1 Å². The number of hydrogen-bond acceptors (Lipinski definition) is 4. The molecule has 0 saturated carbocycles. The lowest BCUT2D eigenvalue weighted by molar-refractivity contribution is 0.292. The molecule has 0 aliphatic rings. The van der Waals surface area contributed by atoms with E-state index in [-0.39, 0.29) is 5.69 Å². The van der Waals surface area contributed by atoms with Crippen LogP contribution < -0.4 is 16.2 Å². The van der Waals surface area contributed by atoms with E-state index in [0.717, 1.165) is 16.9 Å². The first-order chi connectivity index (χ1) is 9.20. The van der Waals surface area contributed by atoms with Crippen LogP contribution in [0.2, 0.25) is 0 Å². The van der Waals surface area contributed by atoms with E-state index in [4.69, 9.17) is 10.5 Å². The lowest BCUT2D eigenvalue weighted by Gasteiger charge is -2.11. The minimum Gasteiger partial charge on any atom is -0.491 e. The van der Waals surface area contributed by atoms with Crippen molar-refractivity contribution in [1.29, 1.82) is 0 Å². The van der Waals surface area contributed by atoms with E-state index < -0.39 is 0 Å². The molecule has 0 radical (unpaired) electrons. The zero-order valence-electron chi connectivity index (χ0n) is 10.9. The number of ether oxygens (including phenoxy) is 1. The van der Waals surface area contributed by atoms with Gasteiger partial charge in [-0.15, -0.1) is 0 Å². The molecular formula is C14H17N3O2. The van der Waals surface area contributed by atoms with Gasteiger partial charge in [0.05, 0.1) is 6.54 Å². The summed E-state index contributed by atoms with van der Waals surface area (Å²) < 4.78 is 7.20. The van der Waals surface area contributed by atoms with Gasteiger partial charge < -0.3 is 10.5 Å². The van der Waals surface area contributed by atoms with Crippen molar-refractivity contribution in [3.05, 3.63) is 58.3 Å². The number of aromatic nitrogens is 2. The lowest BCUT2D eigenvalue weighted by Crippen LogP contribution is -2.25. The summed E-state index contributed by atoms with van der Waals surface area (Å²) in [7, 11) is 0. The first-order valence-electron chi connectivity index (χ1n) is 6.14. The first-order valence-corrected chi connectivity index (χ1v) is 6.14. The highest BCUT2D eigenvalue weighted by Gasteiger charge is 2.02. The Morgan fingerprint density at radius 2 is 2.16 bits per heavy atom. The number of aryl methyl sites for hydroxylation is 1.